The van der Waals surface area contributed by atoms with Crippen LogP contribution >= 0.6 is 0 Å². The van der Waals surface area contributed by atoms with Gasteiger partial charge in [-0.3, -0.25) is 20.4 Å². The molecule has 12 nitrogen and oxygen atoms in total. The van der Waals surface area contributed by atoms with Crippen LogP contribution in [-0.2, 0) is 19.2 Å². The van der Waals surface area contributed by atoms with E-state index in [-0.39, 0.29) is 11.4 Å². The fraction of sp³-hybridized carbons (Fsp3) is 0. The van der Waals surface area contributed by atoms with Crippen molar-refractivity contribution in [3.63, 3.8) is 0 Å². The largest absolute Gasteiger partial charge is 0.505 e. The molecule has 0 aromatic heterocycles. The summed E-state index contributed by atoms with van der Waals surface area (Å²) >= 11 is 0. The quantitative estimate of drug-likeness (QED) is 0.164. The van der Waals surface area contributed by atoms with E-state index in [2.05, 4.69) is 21.1 Å². The van der Waals surface area contributed by atoms with Crippen molar-refractivity contribution in [3.05, 3.63) is 107 Å². The lowest BCUT2D eigenvalue weighted by Crippen LogP contribution is -2.21. The van der Waals surface area contributed by atoms with E-state index in [4.69, 9.17) is 0 Å². The molecule has 2 aromatic carbocycles. The molecule has 12 heteroatoms. The van der Waals surface area contributed by atoms with E-state index in [1.807, 2.05) is 12.2 Å². The van der Waals surface area contributed by atoms with Gasteiger partial charge in [-0.15, -0.1) is 0 Å². The lowest BCUT2D eigenvalue weighted by Gasteiger charge is -2.11. The van der Waals surface area contributed by atoms with Gasteiger partial charge < -0.3 is 20.4 Å². The lowest BCUT2D eigenvalue weighted by atomic mass is 10.0. The standard InChI is InChI=1S/C28H20N4O8/c33-19-11-21(27(37)38)25(23(35)13-19)31-29-17-7-3-15(4-8-17)1-2-16-5-9-18(10-6-16)30-32-26-22(28(39)40)12-20(34)14-24(26)36/h1-14,29-30,35-36H,(H,37,38)(H,39,40). The Morgan fingerprint density at radius 1 is 0.600 bits per heavy atom. The number of carbonyl (C=O) groups is 4. The van der Waals surface area contributed by atoms with Crippen LogP contribution in [0, 0.1) is 0 Å². The van der Waals surface area contributed by atoms with Gasteiger partial charge in [0.2, 0.25) is 0 Å². The third-order valence-corrected chi connectivity index (χ3v) is 5.47. The fourth-order valence-corrected chi connectivity index (χ4v) is 3.52. The number of nitrogens with zero attached hydrogens (tertiary/aromatic N) is 2. The summed E-state index contributed by atoms with van der Waals surface area (Å²) in [6, 6.07) is 13.9. The molecule has 0 bridgehead atoms. The third kappa shape index (κ3) is 6.44. The summed E-state index contributed by atoms with van der Waals surface area (Å²) < 4.78 is 0. The fourth-order valence-electron chi connectivity index (χ4n) is 3.52. The average molecular weight is 540 g/mol. The second-order valence-corrected chi connectivity index (χ2v) is 8.31. The van der Waals surface area contributed by atoms with Gasteiger partial charge in [0.25, 0.3) is 0 Å². The maximum atomic E-state index is 11.5. The number of ketones is 2. The molecule has 0 saturated carbocycles. The van der Waals surface area contributed by atoms with Crippen molar-refractivity contribution >= 4 is 58.5 Å². The van der Waals surface area contributed by atoms with Crippen molar-refractivity contribution in [2.75, 3.05) is 10.9 Å². The Kier molecular flexibility index (Phi) is 7.81. The first-order valence-corrected chi connectivity index (χ1v) is 11.5. The molecule has 2 aromatic rings. The Hall–Kier alpha value is -6.04. The smallest absolute Gasteiger partial charge is 0.338 e. The van der Waals surface area contributed by atoms with Gasteiger partial charge in [0.05, 0.1) is 22.5 Å². The highest BCUT2D eigenvalue weighted by Gasteiger charge is 2.25. The van der Waals surface area contributed by atoms with Crippen molar-refractivity contribution in [1.82, 2.24) is 0 Å². The molecule has 0 fully saturated rings. The topological polar surface area (TPSA) is 198 Å². The number of carbonyl (C=O) groups excluding carboxylic acids is 2. The molecule has 0 spiro atoms. The maximum Gasteiger partial charge on any atom is 0.338 e. The first-order valence-electron chi connectivity index (χ1n) is 11.5. The number of aliphatic hydroxyl groups is 2. The molecule has 200 valence electrons. The van der Waals surface area contributed by atoms with E-state index < -0.39 is 46.2 Å². The van der Waals surface area contributed by atoms with Gasteiger partial charge in [0.1, 0.15) is 22.9 Å². The van der Waals surface area contributed by atoms with Crippen LogP contribution in [-0.4, -0.2) is 55.4 Å². The van der Waals surface area contributed by atoms with Crippen LogP contribution in [0.15, 0.2) is 106 Å². The number of hydrogen-bond donors (Lipinski definition) is 6. The third-order valence-electron chi connectivity index (χ3n) is 5.47. The Bertz CT molecular complexity index is 1500. The zero-order valence-electron chi connectivity index (χ0n) is 20.4. The molecule has 2 aliphatic rings. The minimum absolute atomic E-state index is 0.263. The summed E-state index contributed by atoms with van der Waals surface area (Å²) in [7, 11) is 0. The molecular weight excluding hydrogens is 520 g/mol. The zero-order valence-corrected chi connectivity index (χ0v) is 20.4. The van der Waals surface area contributed by atoms with Crippen LogP contribution in [0.1, 0.15) is 11.1 Å². The number of hydrogen-bond acceptors (Lipinski definition) is 10. The van der Waals surface area contributed by atoms with E-state index in [0.717, 1.165) is 35.4 Å². The number of hydrazone groups is 2. The molecule has 0 heterocycles. The first kappa shape index (κ1) is 27.0. The zero-order chi connectivity index (χ0) is 28.8. The summed E-state index contributed by atoms with van der Waals surface area (Å²) in [4.78, 5) is 45.6. The molecule has 4 rings (SSSR count). The maximum absolute atomic E-state index is 11.5. The lowest BCUT2D eigenvalue weighted by molar-refractivity contribution is -0.133. The van der Waals surface area contributed by atoms with Crippen LogP contribution in [0.3, 0.4) is 0 Å². The number of nitrogens with one attached hydrogen (secondary N) is 2. The average Bonchev–Trinajstić information content (AvgIpc) is 2.91. The van der Waals surface area contributed by atoms with Gasteiger partial charge in [-0.2, -0.15) is 10.2 Å². The first-order chi connectivity index (χ1) is 19.1. The molecule has 0 saturated heterocycles. The van der Waals surface area contributed by atoms with Crippen LogP contribution in [0.2, 0.25) is 0 Å². The highest BCUT2D eigenvalue weighted by atomic mass is 16.4. The summed E-state index contributed by atoms with van der Waals surface area (Å²) in [5.41, 5.74) is 6.65. The van der Waals surface area contributed by atoms with E-state index >= 15 is 0 Å². The molecule has 0 radical (unpaired) electrons. The SMILES string of the molecule is O=C1C=C(O)C(=NNc2ccc(C=Cc3ccc(NN=C4C(O)=CC(=O)C=C4C(=O)O)cc3)cc2)C(C(=O)O)=C1. The van der Waals surface area contributed by atoms with Crippen LogP contribution in [0.4, 0.5) is 11.4 Å². The Morgan fingerprint density at radius 2 is 0.950 bits per heavy atom. The predicted molar refractivity (Wildman–Crippen MR) is 147 cm³/mol. The highest BCUT2D eigenvalue weighted by Crippen LogP contribution is 2.18. The van der Waals surface area contributed by atoms with E-state index in [9.17, 15) is 39.6 Å². The molecule has 0 aliphatic heterocycles. The minimum atomic E-state index is -1.39. The second kappa shape index (κ2) is 11.6. The normalized spacial score (nSPS) is 17.3. The van der Waals surface area contributed by atoms with Crippen molar-refractivity contribution in [2.45, 2.75) is 0 Å². The molecule has 40 heavy (non-hydrogen) atoms. The number of allylic oxidation sites excluding steroid dienone is 6. The molecule has 0 unspecified atom stereocenters. The number of carboxylic acid groups (broad SMARTS) is 2. The summed E-state index contributed by atoms with van der Waals surface area (Å²) in [5.74, 6) is -5.18. The molecule has 0 atom stereocenters. The number of rotatable bonds is 8. The van der Waals surface area contributed by atoms with E-state index in [0.29, 0.717) is 11.4 Å². The van der Waals surface area contributed by atoms with Gasteiger partial charge in [-0.25, -0.2) is 9.59 Å². The van der Waals surface area contributed by atoms with Crippen molar-refractivity contribution in [1.29, 1.82) is 0 Å². The minimum Gasteiger partial charge on any atom is -0.505 e. The Labute approximate surface area is 226 Å². The number of aliphatic carboxylic acids is 2. The second-order valence-electron chi connectivity index (χ2n) is 8.31. The summed E-state index contributed by atoms with van der Waals surface area (Å²) in [5, 5.41) is 46.2. The number of anilines is 2. The van der Waals surface area contributed by atoms with Crippen molar-refractivity contribution < 1.29 is 39.6 Å². The molecule has 6 N–H and O–H groups in total. The van der Waals surface area contributed by atoms with Gasteiger partial charge in [0, 0.05) is 24.3 Å². The predicted octanol–water partition coefficient (Wildman–Crippen LogP) is 3.46. The van der Waals surface area contributed by atoms with Gasteiger partial charge in [-0.05, 0) is 35.4 Å². The van der Waals surface area contributed by atoms with Gasteiger partial charge >= 0.3 is 11.9 Å². The Balaban J connectivity index is 1.39. The van der Waals surface area contributed by atoms with Gasteiger partial charge in [-0.1, -0.05) is 36.4 Å². The number of carboxylic acids is 2. The van der Waals surface area contributed by atoms with Crippen LogP contribution in [0.25, 0.3) is 12.2 Å². The Morgan fingerprint density at radius 3 is 1.27 bits per heavy atom. The van der Waals surface area contributed by atoms with E-state index in [1.54, 1.807) is 48.5 Å². The summed E-state index contributed by atoms with van der Waals surface area (Å²) in [6.07, 6.45) is 7.20. The van der Waals surface area contributed by atoms with Crippen molar-refractivity contribution in [2.24, 2.45) is 10.2 Å². The summed E-state index contributed by atoms with van der Waals surface area (Å²) in [6.45, 7) is 0. The molecule has 0 amide bonds. The molecule has 2 aliphatic carbocycles. The van der Waals surface area contributed by atoms with Crippen LogP contribution in [0.5, 0.6) is 0 Å². The van der Waals surface area contributed by atoms with Crippen molar-refractivity contribution in [3.8, 4) is 0 Å². The highest BCUT2D eigenvalue weighted by molar-refractivity contribution is 6.32. The van der Waals surface area contributed by atoms with E-state index in [1.165, 1.54) is 0 Å². The van der Waals surface area contributed by atoms with Gasteiger partial charge in [0.15, 0.2) is 11.6 Å². The van der Waals surface area contributed by atoms with Crippen LogP contribution < -0.4 is 10.9 Å². The molecular formula is C28H20N4O8. The monoisotopic (exact) mass is 540 g/mol. The number of benzene rings is 2. The number of aliphatic hydroxyl groups excluding tert-OH is 2.